The molecule has 104 valence electrons. The van der Waals surface area contributed by atoms with E-state index in [0.29, 0.717) is 17.2 Å². The zero-order valence-electron chi connectivity index (χ0n) is 10.4. The Kier molecular flexibility index (Phi) is 3.71. The molecule has 0 aromatic heterocycles. The number of hydrogen-bond acceptors (Lipinski definition) is 2. The Morgan fingerprint density at radius 2 is 1.95 bits per heavy atom. The van der Waals surface area contributed by atoms with E-state index in [4.69, 9.17) is 22.1 Å². The Morgan fingerprint density at radius 3 is 2.70 bits per heavy atom. The largest absolute Gasteiger partial charge is 0.485 e. The number of halogens is 3. The van der Waals surface area contributed by atoms with Crippen molar-refractivity contribution in [2.45, 2.75) is 18.6 Å². The first-order valence-electron chi connectivity index (χ1n) is 6.21. The van der Waals surface area contributed by atoms with Gasteiger partial charge in [0.2, 0.25) is 0 Å². The molecular formula is C15H12BrClFNO. The first-order valence-corrected chi connectivity index (χ1v) is 7.38. The van der Waals surface area contributed by atoms with Crippen molar-refractivity contribution in [3.05, 3.63) is 62.8 Å². The molecule has 0 saturated heterocycles. The fraction of sp³-hybridized carbons (Fsp3) is 0.200. The van der Waals surface area contributed by atoms with Gasteiger partial charge in [0.1, 0.15) is 17.7 Å². The summed E-state index contributed by atoms with van der Waals surface area (Å²) in [5.74, 6) is 0.183. The van der Waals surface area contributed by atoms with Gasteiger partial charge in [-0.05, 0) is 18.2 Å². The van der Waals surface area contributed by atoms with Gasteiger partial charge < -0.3 is 10.5 Å². The molecule has 2 atom stereocenters. The Bertz CT molecular complexity index is 664. The third-order valence-electron chi connectivity index (χ3n) is 3.42. The third kappa shape index (κ3) is 2.55. The summed E-state index contributed by atoms with van der Waals surface area (Å²) in [4.78, 5) is 0. The molecule has 0 saturated carbocycles. The molecule has 0 aliphatic carbocycles. The maximum atomic E-state index is 13.3. The van der Waals surface area contributed by atoms with Gasteiger partial charge in [-0.1, -0.05) is 39.7 Å². The van der Waals surface area contributed by atoms with Crippen LogP contribution in [0.5, 0.6) is 5.75 Å². The zero-order valence-corrected chi connectivity index (χ0v) is 12.8. The quantitative estimate of drug-likeness (QED) is 0.799. The van der Waals surface area contributed by atoms with Gasteiger partial charge in [-0.2, -0.15) is 0 Å². The number of benzene rings is 2. The fourth-order valence-electron chi connectivity index (χ4n) is 2.43. The lowest BCUT2D eigenvalue weighted by Crippen LogP contribution is -2.24. The molecule has 5 heteroatoms. The van der Waals surface area contributed by atoms with Crippen molar-refractivity contribution < 1.29 is 9.13 Å². The smallest absolute Gasteiger partial charge is 0.127 e. The maximum absolute atomic E-state index is 13.3. The van der Waals surface area contributed by atoms with Gasteiger partial charge in [0.05, 0.1) is 0 Å². The second-order valence-electron chi connectivity index (χ2n) is 4.80. The summed E-state index contributed by atoms with van der Waals surface area (Å²) in [6.45, 7) is 0. The van der Waals surface area contributed by atoms with E-state index in [0.717, 1.165) is 15.6 Å². The van der Waals surface area contributed by atoms with Gasteiger partial charge in [-0.15, -0.1) is 0 Å². The predicted molar refractivity (Wildman–Crippen MR) is 80.5 cm³/mol. The molecule has 3 rings (SSSR count). The third-order valence-corrected chi connectivity index (χ3v) is 4.34. The predicted octanol–water partition coefficient (Wildman–Crippen LogP) is 4.77. The monoisotopic (exact) mass is 355 g/mol. The van der Waals surface area contributed by atoms with Crippen LogP contribution in [-0.4, -0.2) is 0 Å². The van der Waals surface area contributed by atoms with Crippen LogP contribution in [0.3, 0.4) is 0 Å². The summed E-state index contributed by atoms with van der Waals surface area (Å²) < 4.78 is 20.1. The first-order chi connectivity index (χ1) is 9.54. The van der Waals surface area contributed by atoms with Gasteiger partial charge in [0, 0.05) is 39.2 Å². The molecule has 2 nitrogen and oxygen atoms in total. The molecule has 0 spiro atoms. The fourth-order valence-corrected chi connectivity index (χ4v) is 3.37. The molecule has 2 aromatic rings. The Labute approximate surface area is 129 Å². The number of hydrogen-bond donors (Lipinski definition) is 1. The SMILES string of the molecule is N[C@H]1CC(c2ccc(Cl)cc2Br)Oc2cc(F)ccc21. The summed E-state index contributed by atoms with van der Waals surface area (Å²) in [6, 6.07) is 9.80. The molecule has 2 N–H and O–H groups in total. The summed E-state index contributed by atoms with van der Waals surface area (Å²) in [5.41, 5.74) is 7.96. The van der Waals surface area contributed by atoms with Crippen LogP contribution >= 0.6 is 27.5 Å². The number of fused-ring (bicyclic) bond motifs is 1. The van der Waals surface area contributed by atoms with Crippen molar-refractivity contribution in [2.24, 2.45) is 5.73 Å². The number of rotatable bonds is 1. The first kappa shape index (κ1) is 13.9. The number of nitrogens with two attached hydrogens (primary N) is 1. The zero-order chi connectivity index (χ0) is 14.3. The summed E-state index contributed by atoms with van der Waals surface area (Å²) >= 11 is 9.42. The van der Waals surface area contributed by atoms with Crippen LogP contribution in [0.1, 0.15) is 29.7 Å². The second-order valence-corrected chi connectivity index (χ2v) is 6.09. The average molecular weight is 357 g/mol. The number of ether oxygens (including phenoxy) is 1. The van der Waals surface area contributed by atoms with E-state index in [1.54, 1.807) is 12.1 Å². The molecule has 1 unspecified atom stereocenters. The van der Waals surface area contributed by atoms with Crippen molar-refractivity contribution in [2.75, 3.05) is 0 Å². The second kappa shape index (κ2) is 5.35. The molecule has 1 heterocycles. The molecule has 0 bridgehead atoms. The van der Waals surface area contributed by atoms with Crippen LogP contribution < -0.4 is 10.5 Å². The summed E-state index contributed by atoms with van der Waals surface area (Å²) in [7, 11) is 0. The van der Waals surface area contributed by atoms with E-state index < -0.39 is 0 Å². The molecule has 1 aliphatic heterocycles. The van der Waals surface area contributed by atoms with E-state index in [1.807, 2.05) is 12.1 Å². The highest BCUT2D eigenvalue weighted by Crippen LogP contribution is 2.42. The van der Waals surface area contributed by atoms with Crippen LogP contribution in [0.25, 0.3) is 0 Å². The van der Waals surface area contributed by atoms with Crippen molar-refractivity contribution in [1.82, 2.24) is 0 Å². The van der Waals surface area contributed by atoms with Crippen molar-refractivity contribution >= 4 is 27.5 Å². The standard InChI is InChI=1S/C15H12BrClFNO/c16-12-5-8(17)1-3-10(12)15-7-13(19)11-4-2-9(18)6-14(11)20-15/h1-6,13,15H,7,19H2/t13-,15?/m0/s1. The lowest BCUT2D eigenvalue weighted by Gasteiger charge is -2.31. The van der Waals surface area contributed by atoms with Crippen molar-refractivity contribution in [3.63, 3.8) is 0 Å². The minimum Gasteiger partial charge on any atom is -0.485 e. The van der Waals surface area contributed by atoms with E-state index in [2.05, 4.69) is 15.9 Å². The topological polar surface area (TPSA) is 35.2 Å². The normalized spacial score (nSPS) is 21.2. The minimum atomic E-state index is -0.327. The highest BCUT2D eigenvalue weighted by atomic mass is 79.9. The Morgan fingerprint density at radius 1 is 1.20 bits per heavy atom. The molecule has 0 amide bonds. The lowest BCUT2D eigenvalue weighted by molar-refractivity contribution is 0.160. The van der Waals surface area contributed by atoms with Crippen molar-refractivity contribution in [3.8, 4) is 5.75 Å². The van der Waals surface area contributed by atoms with E-state index in [-0.39, 0.29) is 18.0 Å². The van der Waals surface area contributed by atoms with Gasteiger partial charge in [-0.3, -0.25) is 0 Å². The van der Waals surface area contributed by atoms with Crippen LogP contribution in [-0.2, 0) is 0 Å². The molecule has 0 radical (unpaired) electrons. The van der Waals surface area contributed by atoms with E-state index >= 15 is 0 Å². The van der Waals surface area contributed by atoms with Gasteiger partial charge in [0.25, 0.3) is 0 Å². The molecule has 1 aliphatic rings. The molecule has 2 aromatic carbocycles. The van der Waals surface area contributed by atoms with Crippen molar-refractivity contribution in [1.29, 1.82) is 0 Å². The average Bonchev–Trinajstić information content (AvgIpc) is 2.37. The molecular weight excluding hydrogens is 345 g/mol. The van der Waals surface area contributed by atoms with Gasteiger partial charge in [0.15, 0.2) is 0 Å². The van der Waals surface area contributed by atoms with Crippen LogP contribution in [0.4, 0.5) is 4.39 Å². The lowest BCUT2D eigenvalue weighted by atomic mass is 9.93. The van der Waals surface area contributed by atoms with E-state index in [1.165, 1.54) is 12.1 Å². The molecule has 0 fully saturated rings. The summed E-state index contributed by atoms with van der Waals surface area (Å²) in [6.07, 6.45) is 0.421. The van der Waals surface area contributed by atoms with Crippen LogP contribution in [0.2, 0.25) is 5.02 Å². The summed E-state index contributed by atoms with van der Waals surface area (Å²) in [5, 5.41) is 0.646. The Hall–Kier alpha value is -1.10. The highest BCUT2D eigenvalue weighted by molar-refractivity contribution is 9.10. The van der Waals surface area contributed by atoms with Gasteiger partial charge in [-0.25, -0.2) is 4.39 Å². The van der Waals surface area contributed by atoms with Gasteiger partial charge >= 0.3 is 0 Å². The van der Waals surface area contributed by atoms with E-state index in [9.17, 15) is 4.39 Å². The Balaban J connectivity index is 1.98. The maximum Gasteiger partial charge on any atom is 0.127 e. The highest BCUT2D eigenvalue weighted by Gasteiger charge is 2.28. The molecule has 20 heavy (non-hydrogen) atoms. The minimum absolute atomic E-state index is 0.174. The van der Waals surface area contributed by atoms with Crippen LogP contribution in [0.15, 0.2) is 40.9 Å². The van der Waals surface area contributed by atoms with Crippen LogP contribution in [0, 0.1) is 5.82 Å².